The highest BCUT2D eigenvalue weighted by Crippen LogP contribution is 2.43. The van der Waals surface area contributed by atoms with E-state index in [2.05, 4.69) is 18.2 Å². The summed E-state index contributed by atoms with van der Waals surface area (Å²) in [5.41, 5.74) is 0.342. The molecular weight excluding hydrogens is 204 g/mol. The molecule has 2 aliphatic rings. The molecule has 0 saturated heterocycles. The minimum absolute atomic E-state index is 0.0714. The number of carbonyl (C=O) groups excluding carboxylic acids is 1. The van der Waals surface area contributed by atoms with Gasteiger partial charge in [0, 0.05) is 5.92 Å². The average Bonchev–Trinajstić information content (AvgIpc) is 2.27. The maximum absolute atomic E-state index is 11.6. The SMILES string of the molecule is COC(=O)[C@H]1CC2=CCC=C[C@@H]2[C@@](C)(O)C1. The van der Waals surface area contributed by atoms with Gasteiger partial charge >= 0.3 is 5.97 Å². The molecule has 2 rings (SSSR count). The third kappa shape index (κ3) is 1.92. The monoisotopic (exact) mass is 222 g/mol. The van der Waals surface area contributed by atoms with E-state index >= 15 is 0 Å². The molecule has 0 bridgehead atoms. The summed E-state index contributed by atoms with van der Waals surface area (Å²) in [6, 6.07) is 0. The third-order valence-electron chi connectivity index (χ3n) is 3.59. The molecule has 1 fully saturated rings. The summed E-state index contributed by atoms with van der Waals surface area (Å²) in [5, 5.41) is 10.4. The van der Waals surface area contributed by atoms with Crippen molar-refractivity contribution in [1.29, 1.82) is 0 Å². The number of fused-ring (bicyclic) bond motifs is 1. The van der Waals surface area contributed by atoms with Gasteiger partial charge in [0.15, 0.2) is 0 Å². The fourth-order valence-electron chi connectivity index (χ4n) is 2.82. The molecule has 16 heavy (non-hydrogen) atoms. The zero-order chi connectivity index (χ0) is 11.8. The molecule has 0 aliphatic heterocycles. The Kier molecular flexibility index (Phi) is 2.89. The van der Waals surface area contributed by atoms with Crippen LogP contribution < -0.4 is 0 Å². The molecule has 2 aliphatic carbocycles. The van der Waals surface area contributed by atoms with Crippen molar-refractivity contribution in [3.63, 3.8) is 0 Å². The summed E-state index contributed by atoms with van der Waals surface area (Å²) in [7, 11) is 1.40. The van der Waals surface area contributed by atoms with Crippen molar-refractivity contribution in [2.75, 3.05) is 7.11 Å². The highest BCUT2D eigenvalue weighted by Gasteiger charge is 2.43. The van der Waals surface area contributed by atoms with Crippen LogP contribution >= 0.6 is 0 Å². The topological polar surface area (TPSA) is 46.5 Å². The number of ether oxygens (including phenoxy) is 1. The standard InChI is InChI=1S/C13H18O3/c1-13(15)8-10(12(14)16-2)7-9-5-3-4-6-11(9)13/h4-6,10-11,15H,3,7-8H2,1-2H3/t10-,11-,13-/m0/s1. The summed E-state index contributed by atoms with van der Waals surface area (Å²) >= 11 is 0. The molecule has 1 N–H and O–H groups in total. The number of esters is 1. The summed E-state index contributed by atoms with van der Waals surface area (Å²) in [6.45, 7) is 1.80. The number of aliphatic hydroxyl groups is 1. The molecule has 0 aromatic rings. The van der Waals surface area contributed by atoms with E-state index in [4.69, 9.17) is 4.74 Å². The Hall–Kier alpha value is -1.09. The van der Waals surface area contributed by atoms with Gasteiger partial charge in [-0.15, -0.1) is 0 Å². The Labute approximate surface area is 95.8 Å². The Balaban J connectivity index is 2.22. The van der Waals surface area contributed by atoms with Crippen molar-refractivity contribution in [3.8, 4) is 0 Å². The molecule has 88 valence electrons. The molecule has 1 saturated carbocycles. The van der Waals surface area contributed by atoms with Gasteiger partial charge in [-0.1, -0.05) is 23.8 Å². The fraction of sp³-hybridized carbons (Fsp3) is 0.615. The Morgan fingerprint density at radius 3 is 3.06 bits per heavy atom. The van der Waals surface area contributed by atoms with E-state index in [1.165, 1.54) is 12.7 Å². The van der Waals surface area contributed by atoms with E-state index in [1.807, 2.05) is 0 Å². The van der Waals surface area contributed by atoms with Gasteiger partial charge < -0.3 is 9.84 Å². The van der Waals surface area contributed by atoms with E-state index in [9.17, 15) is 9.90 Å². The molecule has 0 spiro atoms. The average molecular weight is 222 g/mol. The highest BCUT2D eigenvalue weighted by molar-refractivity contribution is 5.73. The largest absolute Gasteiger partial charge is 0.469 e. The van der Waals surface area contributed by atoms with Gasteiger partial charge in [0.1, 0.15) is 0 Å². The van der Waals surface area contributed by atoms with Crippen LogP contribution in [-0.4, -0.2) is 23.8 Å². The predicted molar refractivity (Wildman–Crippen MR) is 60.7 cm³/mol. The summed E-state index contributed by atoms with van der Waals surface area (Å²) in [4.78, 5) is 11.6. The first-order valence-electron chi connectivity index (χ1n) is 5.70. The maximum atomic E-state index is 11.6. The van der Waals surface area contributed by atoms with Gasteiger partial charge in [0.25, 0.3) is 0 Å². The molecule has 3 atom stereocenters. The normalized spacial score (nSPS) is 37.6. The van der Waals surface area contributed by atoms with E-state index in [-0.39, 0.29) is 17.8 Å². The zero-order valence-corrected chi connectivity index (χ0v) is 9.77. The predicted octanol–water partition coefficient (Wildman–Crippen LogP) is 1.82. The van der Waals surface area contributed by atoms with Crippen molar-refractivity contribution in [3.05, 3.63) is 23.8 Å². The number of carbonyl (C=O) groups is 1. The molecule has 0 aromatic carbocycles. The van der Waals surface area contributed by atoms with Crippen LogP contribution in [0.3, 0.4) is 0 Å². The lowest BCUT2D eigenvalue weighted by Crippen LogP contribution is -2.44. The molecule has 3 nitrogen and oxygen atoms in total. The summed E-state index contributed by atoms with van der Waals surface area (Å²) in [6.07, 6.45) is 8.35. The molecule has 0 unspecified atom stereocenters. The van der Waals surface area contributed by atoms with Crippen molar-refractivity contribution < 1.29 is 14.6 Å². The van der Waals surface area contributed by atoms with Gasteiger partial charge in [-0.2, -0.15) is 0 Å². The molecule has 0 radical (unpaired) electrons. The quantitative estimate of drug-likeness (QED) is 0.544. The van der Waals surface area contributed by atoms with Crippen LogP contribution in [-0.2, 0) is 9.53 Å². The Morgan fingerprint density at radius 1 is 1.62 bits per heavy atom. The second-order valence-corrected chi connectivity index (χ2v) is 4.91. The Morgan fingerprint density at radius 2 is 2.38 bits per heavy atom. The lowest BCUT2D eigenvalue weighted by molar-refractivity contribution is -0.149. The van der Waals surface area contributed by atoms with Crippen LogP contribution in [0.2, 0.25) is 0 Å². The second-order valence-electron chi connectivity index (χ2n) is 4.91. The van der Waals surface area contributed by atoms with Crippen molar-refractivity contribution >= 4 is 5.97 Å². The molecule has 0 amide bonds. The van der Waals surface area contributed by atoms with E-state index in [1.54, 1.807) is 6.92 Å². The first-order valence-corrected chi connectivity index (χ1v) is 5.70. The van der Waals surface area contributed by atoms with Gasteiger partial charge in [0.05, 0.1) is 18.6 Å². The van der Waals surface area contributed by atoms with Crippen molar-refractivity contribution in [1.82, 2.24) is 0 Å². The van der Waals surface area contributed by atoms with Crippen LogP contribution in [0, 0.1) is 11.8 Å². The minimum atomic E-state index is -0.833. The number of rotatable bonds is 1. The van der Waals surface area contributed by atoms with E-state index in [0.717, 1.165) is 12.8 Å². The van der Waals surface area contributed by atoms with Gasteiger partial charge in [-0.25, -0.2) is 0 Å². The van der Waals surface area contributed by atoms with Crippen LogP contribution in [0.1, 0.15) is 26.2 Å². The number of allylic oxidation sites excluding steroid dienone is 2. The number of hydrogen-bond acceptors (Lipinski definition) is 3. The first kappa shape index (κ1) is 11.4. The second kappa shape index (κ2) is 4.06. The fourth-order valence-corrected chi connectivity index (χ4v) is 2.82. The minimum Gasteiger partial charge on any atom is -0.469 e. The van der Waals surface area contributed by atoms with E-state index < -0.39 is 5.60 Å². The van der Waals surface area contributed by atoms with Crippen LogP contribution in [0.15, 0.2) is 23.8 Å². The molecule has 0 heterocycles. The van der Waals surface area contributed by atoms with Crippen LogP contribution in [0.4, 0.5) is 0 Å². The third-order valence-corrected chi connectivity index (χ3v) is 3.59. The molecule has 0 aromatic heterocycles. The van der Waals surface area contributed by atoms with E-state index in [0.29, 0.717) is 6.42 Å². The van der Waals surface area contributed by atoms with Crippen LogP contribution in [0.5, 0.6) is 0 Å². The van der Waals surface area contributed by atoms with Gasteiger partial charge in [-0.05, 0) is 26.2 Å². The lowest BCUT2D eigenvalue weighted by Gasteiger charge is -2.41. The maximum Gasteiger partial charge on any atom is 0.309 e. The van der Waals surface area contributed by atoms with Crippen LogP contribution in [0.25, 0.3) is 0 Å². The lowest BCUT2D eigenvalue weighted by atomic mass is 9.67. The summed E-state index contributed by atoms with van der Waals surface area (Å²) < 4.78 is 4.77. The van der Waals surface area contributed by atoms with Crippen molar-refractivity contribution in [2.24, 2.45) is 11.8 Å². The molecule has 3 heteroatoms. The first-order chi connectivity index (χ1) is 7.54. The van der Waals surface area contributed by atoms with Gasteiger partial charge in [-0.3, -0.25) is 4.79 Å². The molecular formula is C13H18O3. The highest BCUT2D eigenvalue weighted by atomic mass is 16.5. The smallest absolute Gasteiger partial charge is 0.309 e. The Bertz CT molecular complexity index is 352. The zero-order valence-electron chi connectivity index (χ0n) is 9.77. The van der Waals surface area contributed by atoms with Crippen molar-refractivity contribution in [2.45, 2.75) is 31.8 Å². The number of hydrogen-bond donors (Lipinski definition) is 1. The number of methoxy groups -OCH3 is 1. The summed E-state index contributed by atoms with van der Waals surface area (Å²) in [5.74, 6) is -0.342. The van der Waals surface area contributed by atoms with Gasteiger partial charge in [0.2, 0.25) is 0 Å².